The molecule has 28 heavy (non-hydrogen) atoms. The van der Waals surface area contributed by atoms with Crippen LogP contribution in [0.2, 0.25) is 0 Å². The second kappa shape index (κ2) is 9.11. The number of benzene rings is 2. The van der Waals surface area contributed by atoms with E-state index in [4.69, 9.17) is 9.47 Å². The maximum atomic E-state index is 6.17. The molecule has 0 amide bonds. The number of likely N-dealkylation sites (N-methyl/N-ethyl adjacent to an activating group) is 1. The van der Waals surface area contributed by atoms with E-state index >= 15 is 0 Å². The van der Waals surface area contributed by atoms with Gasteiger partial charge in [0, 0.05) is 17.7 Å². The summed E-state index contributed by atoms with van der Waals surface area (Å²) >= 11 is 0. The molecule has 0 unspecified atom stereocenters. The molecule has 3 nitrogen and oxygen atoms in total. The van der Waals surface area contributed by atoms with Gasteiger partial charge in [-0.3, -0.25) is 0 Å². The molecule has 3 rings (SSSR count). The van der Waals surface area contributed by atoms with E-state index < -0.39 is 0 Å². The Morgan fingerprint density at radius 3 is 2.29 bits per heavy atom. The lowest BCUT2D eigenvalue weighted by molar-refractivity contribution is 0.260. The molecule has 2 aromatic rings. The first-order valence-corrected chi connectivity index (χ1v) is 9.93. The van der Waals surface area contributed by atoms with Gasteiger partial charge < -0.3 is 14.4 Å². The van der Waals surface area contributed by atoms with Gasteiger partial charge in [0.25, 0.3) is 0 Å². The fraction of sp³-hybridized carbons (Fsp3) is 0.360. The van der Waals surface area contributed by atoms with Crippen LogP contribution in [0.15, 0.2) is 54.3 Å². The number of nitrogens with zero attached hydrogens (tertiary/aromatic N) is 1. The standard InChI is InChI=1S/C25H31NO2/c1-18-14-19(2)16-21(15-18)20-10-11-25(28-13-12-26(3)4)23(17-20)22-8-6-7-9-24(22)27-5/h8-11,14-17H,6-7,12-13H2,1-5H3. The SMILES string of the molecule is COC1=CCCC=C1c1cc(-c2cc(C)cc(C)c2)ccc1OCCN(C)C. The summed E-state index contributed by atoms with van der Waals surface area (Å²) in [6.07, 6.45) is 6.47. The van der Waals surface area contributed by atoms with Crippen molar-refractivity contribution < 1.29 is 9.47 Å². The van der Waals surface area contributed by atoms with Gasteiger partial charge in [0.1, 0.15) is 18.1 Å². The summed E-state index contributed by atoms with van der Waals surface area (Å²) in [6, 6.07) is 13.2. The van der Waals surface area contributed by atoms with E-state index in [-0.39, 0.29) is 0 Å². The van der Waals surface area contributed by atoms with Gasteiger partial charge in [-0.25, -0.2) is 0 Å². The van der Waals surface area contributed by atoms with E-state index in [1.165, 1.54) is 22.3 Å². The molecule has 0 fully saturated rings. The number of hydrogen-bond donors (Lipinski definition) is 0. The third-order valence-electron chi connectivity index (χ3n) is 4.95. The molecule has 148 valence electrons. The summed E-state index contributed by atoms with van der Waals surface area (Å²) < 4.78 is 11.8. The second-order valence-electron chi connectivity index (χ2n) is 7.71. The lowest BCUT2D eigenvalue weighted by Gasteiger charge is -2.20. The van der Waals surface area contributed by atoms with Crippen molar-refractivity contribution in [2.75, 3.05) is 34.4 Å². The average molecular weight is 378 g/mol. The van der Waals surface area contributed by atoms with Crippen LogP contribution < -0.4 is 4.74 Å². The van der Waals surface area contributed by atoms with Crippen LogP contribution in [0.4, 0.5) is 0 Å². The quantitative estimate of drug-likeness (QED) is 0.625. The Morgan fingerprint density at radius 1 is 0.893 bits per heavy atom. The fourth-order valence-electron chi connectivity index (χ4n) is 3.61. The summed E-state index contributed by atoms with van der Waals surface area (Å²) in [5.74, 6) is 1.84. The lowest BCUT2D eigenvalue weighted by Crippen LogP contribution is -2.19. The molecule has 0 saturated carbocycles. The van der Waals surface area contributed by atoms with Gasteiger partial charge in [0.15, 0.2) is 0 Å². The normalized spacial score (nSPS) is 13.9. The summed E-state index contributed by atoms with van der Waals surface area (Å²) in [5.41, 5.74) is 7.21. The van der Waals surface area contributed by atoms with Crippen molar-refractivity contribution in [3.63, 3.8) is 0 Å². The van der Waals surface area contributed by atoms with E-state index in [1.807, 2.05) is 0 Å². The highest BCUT2D eigenvalue weighted by Gasteiger charge is 2.17. The minimum absolute atomic E-state index is 0.655. The maximum absolute atomic E-state index is 6.17. The highest BCUT2D eigenvalue weighted by molar-refractivity contribution is 5.84. The van der Waals surface area contributed by atoms with Crippen molar-refractivity contribution in [3.8, 4) is 16.9 Å². The van der Waals surface area contributed by atoms with E-state index in [1.54, 1.807) is 7.11 Å². The number of allylic oxidation sites excluding steroid dienone is 3. The van der Waals surface area contributed by atoms with Gasteiger partial charge in [-0.05, 0) is 70.1 Å². The molecule has 0 N–H and O–H groups in total. The molecule has 0 aromatic heterocycles. The molecule has 3 heteroatoms. The Hall–Kier alpha value is -2.52. The monoisotopic (exact) mass is 377 g/mol. The first kappa shape index (κ1) is 20.2. The molecule has 0 bridgehead atoms. The van der Waals surface area contributed by atoms with E-state index in [0.717, 1.165) is 42.0 Å². The summed E-state index contributed by atoms with van der Waals surface area (Å²) in [6.45, 7) is 5.82. The smallest absolute Gasteiger partial charge is 0.127 e. The van der Waals surface area contributed by atoms with Crippen molar-refractivity contribution in [2.45, 2.75) is 26.7 Å². The molecule has 1 aliphatic carbocycles. The Labute approximate surface area is 169 Å². The Kier molecular flexibility index (Phi) is 6.58. The van der Waals surface area contributed by atoms with Gasteiger partial charge in [-0.2, -0.15) is 0 Å². The molecule has 0 aliphatic heterocycles. The molecular formula is C25H31NO2. The van der Waals surface area contributed by atoms with Crippen molar-refractivity contribution in [1.29, 1.82) is 0 Å². The van der Waals surface area contributed by atoms with Crippen LogP contribution >= 0.6 is 0 Å². The molecule has 2 aromatic carbocycles. The highest BCUT2D eigenvalue weighted by atomic mass is 16.5. The fourth-order valence-corrected chi connectivity index (χ4v) is 3.61. The summed E-state index contributed by atoms with van der Waals surface area (Å²) in [5, 5.41) is 0. The number of ether oxygens (including phenoxy) is 2. The molecule has 1 aliphatic rings. The van der Waals surface area contributed by atoms with Crippen LogP contribution in [-0.4, -0.2) is 39.3 Å². The van der Waals surface area contributed by atoms with Gasteiger partial charge in [-0.1, -0.05) is 41.5 Å². The van der Waals surface area contributed by atoms with Crippen molar-refractivity contribution >= 4 is 5.57 Å². The molecule has 0 atom stereocenters. The van der Waals surface area contributed by atoms with Gasteiger partial charge in [0.2, 0.25) is 0 Å². The van der Waals surface area contributed by atoms with Gasteiger partial charge in [-0.15, -0.1) is 0 Å². The Balaban J connectivity index is 2.03. The van der Waals surface area contributed by atoms with Crippen LogP contribution in [0.25, 0.3) is 16.7 Å². The topological polar surface area (TPSA) is 21.7 Å². The largest absolute Gasteiger partial charge is 0.496 e. The first-order chi connectivity index (χ1) is 13.5. The van der Waals surface area contributed by atoms with Gasteiger partial charge in [0.05, 0.1) is 7.11 Å². The molecule has 0 spiro atoms. The zero-order valence-electron chi connectivity index (χ0n) is 17.7. The van der Waals surface area contributed by atoms with Crippen molar-refractivity contribution in [3.05, 3.63) is 71.0 Å². The Bertz CT molecular complexity index is 873. The molecule has 0 radical (unpaired) electrons. The highest BCUT2D eigenvalue weighted by Crippen LogP contribution is 2.37. The third-order valence-corrected chi connectivity index (χ3v) is 4.95. The molecule has 0 heterocycles. The lowest BCUT2D eigenvalue weighted by atomic mass is 9.93. The van der Waals surface area contributed by atoms with Crippen LogP contribution in [0.1, 0.15) is 29.5 Å². The second-order valence-corrected chi connectivity index (χ2v) is 7.71. The van der Waals surface area contributed by atoms with Crippen molar-refractivity contribution in [1.82, 2.24) is 4.90 Å². The van der Waals surface area contributed by atoms with Crippen LogP contribution in [0.3, 0.4) is 0 Å². The van der Waals surface area contributed by atoms with Crippen LogP contribution in [-0.2, 0) is 4.74 Å². The summed E-state index contributed by atoms with van der Waals surface area (Å²) in [4.78, 5) is 2.13. The Morgan fingerprint density at radius 2 is 1.61 bits per heavy atom. The van der Waals surface area contributed by atoms with E-state index in [0.29, 0.717) is 6.61 Å². The predicted molar refractivity (Wildman–Crippen MR) is 118 cm³/mol. The third kappa shape index (κ3) is 4.85. The van der Waals surface area contributed by atoms with Gasteiger partial charge >= 0.3 is 0 Å². The predicted octanol–water partition coefficient (Wildman–Crippen LogP) is 5.62. The number of rotatable bonds is 7. The van der Waals surface area contributed by atoms with Crippen LogP contribution in [0, 0.1) is 13.8 Å². The minimum Gasteiger partial charge on any atom is -0.496 e. The zero-order chi connectivity index (χ0) is 20.1. The molecular weight excluding hydrogens is 346 g/mol. The maximum Gasteiger partial charge on any atom is 0.127 e. The summed E-state index contributed by atoms with van der Waals surface area (Å²) in [7, 11) is 5.86. The average Bonchev–Trinajstić information content (AvgIpc) is 2.67. The first-order valence-electron chi connectivity index (χ1n) is 9.93. The number of aryl methyl sites for hydroxylation is 2. The number of hydrogen-bond acceptors (Lipinski definition) is 3. The van der Waals surface area contributed by atoms with E-state index in [9.17, 15) is 0 Å². The zero-order valence-corrected chi connectivity index (χ0v) is 17.7. The van der Waals surface area contributed by atoms with Crippen molar-refractivity contribution in [2.24, 2.45) is 0 Å². The number of methoxy groups -OCH3 is 1. The van der Waals surface area contributed by atoms with E-state index in [2.05, 4.69) is 81.4 Å². The minimum atomic E-state index is 0.655. The molecule has 0 saturated heterocycles. The van der Waals surface area contributed by atoms with Crippen LogP contribution in [0.5, 0.6) is 5.75 Å².